The van der Waals surface area contributed by atoms with Crippen LogP contribution in [0.1, 0.15) is 0 Å². The first kappa shape index (κ1) is 18.5. The lowest BCUT2D eigenvalue weighted by atomic mass is 10.3. The molecule has 0 aliphatic heterocycles. The Hall–Kier alpha value is -0.796. The van der Waals surface area contributed by atoms with Gasteiger partial charge in [0.2, 0.25) is 16.6 Å². The second-order valence-electron chi connectivity index (χ2n) is 7.43. The fourth-order valence-electron chi connectivity index (χ4n) is 1.96. The van der Waals surface area contributed by atoms with Gasteiger partial charge in [-0.1, -0.05) is 0 Å². The Morgan fingerprint density at radius 1 is 0.565 bits per heavy atom. The van der Waals surface area contributed by atoms with Crippen molar-refractivity contribution < 1.29 is 30.1 Å². The molecule has 124 valence electrons. The Morgan fingerprint density at radius 3 is 1.13 bits per heavy atom. The van der Waals surface area contributed by atoms with Gasteiger partial charge in [-0.3, -0.25) is 0 Å². The van der Waals surface area contributed by atoms with E-state index in [2.05, 4.69) is 87.8 Å². The Labute approximate surface area is 152 Å². The summed E-state index contributed by atoms with van der Waals surface area (Å²) in [6.07, 6.45) is 0. The molecule has 0 radical (unpaired) electrons. The van der Waals surface area contributed by atoms with Crippen LogP contribution < -0.4 is 30.1 Å². The molecule has 23 heavy (non-hydrogen) atoms. The molecule has 5 heteroatoms. The van der Waals surface area contributed by atoms with E-state index in [4.69, 9.17) is 8.85 Å². The van der Waals surface area contributed by atoms with E-state index in [9.17, 15) is 0 Å². The number of hydrogen-bond acceptors (Lipinski definition) is 2. The molecule has 0 unspecified atom stereocenters. The average molecular weight is 457 g/mol. The molecule has 2 aromatic rings. The predicted octanol–water partition coefficient (Wildman–Crippen LogP) is 2.24. The number of halogens is 1. The third kappa shape index (κ3) is 7.09. The fourth-order valence-corrected chi connectivity index (χ4v) is 5.81. The van der Waals surface area contributed by atoms with Gasteiger partial charge < -0.3 is 8.85 Å². The zero-order valence-corrected chi connectivity index (χ0v) is 19.0. The van der Waals surface area contributed by atoms with Crippen molar-refractivity contribution in [3.63, 3.8) is 0 Å². The van der Waals surface area contributed by atoms with E-state index in [1.165, 1.54) is 7.14 Å². The van der Waals surface area contributed by atoms with E-state index in [-0.39, 0.29) is 21.2 Å². The van der Waals surface area contributed by atoms with Crippen LogP contribution in [0.25, 0.3) is 0 Å². The molecular weight excluding hydrogens is 431 g/mol. The Bertz CT molecular complexity index is 569. The minimum Gasteiger partial charge on any atom is -0.544 e. The van der Waals surface area contributed by atoms with E-state index in [1.54, 1.807) is 0 Å². The van der Waals surface area contributed by atoms with Crippen molar-refractivity contribution in [2.24, 2.45) is 0 Å². The molecule has 0 atom stereocenters. The summed E-state index contributed by atoms with van der Waals surface area (Å²) in [5, 5.41) is 0. The summed E-state index contributed by atoms with van der Waals surface area (Å²) < 4.78 is 14.8. The van der Waals surface area contributed by atoms with Crippen molar-refractivity contribution in [3.8, 4) is 11.5 Å². The molecule has 0 bridgehead atoms. The maximum Gasteiger partial charge on any atom is 0.357 e. The van der Waals surface area contributed by atoms with Crippen LogP contribution in [0, 0.1) is 7.14 Å². The fraction of sp³-hybridized carbons (Fsp3) is 0.333. The maximum absolute atomic E-state index is 6.01. The highest BCUT2D eigenvalue weighted by Crippen LogP contribution is 2.15. The molecule has 0 heterocycles. The molecule has 0 aliphatic carbocycles. The standard InChI is InChI=1S/C18H26IO2Si2/c1-22(2,3)20-17-11-7-15(8-12-17)19-16-9-13-18(14-10-16)21-23(4,5)6/h7-14H,1-6H3/q+1. The molecule has 0 amide bonds. The van der Waals surface area contributed by atoms with Gasteiger partial charge in [0.1, 0.15) is 11.5 Å². The van der Waals surface area contributed by atoms with E-state index in [0.29, 0.717) is 0 Å². The number of rotatable bonds is 6. The van der Waals surface area contributed by atoms with Crippen LogP contribution in [-0.4, -0.2) is 16.6 Å². The van der Waals surface area contributed by atoms with E-state index in [0.717, 1.165) is 11.5 Å². The lowest BCUT2D eigenvalue weighted by Gasteiger charge is -2.18. The lowest BCUT2D eigenvalue weighted by molar-refractivity contribution is -0.597. The summed E-state index contributed by atoms with van der Waals surface area (Å²) >= 11 is -0.153. The smallest absolute Gasteiger partial charge is 0.357 e. The summed E-state index contributed by atoms with van der Waals surface area (Å²) in [7, 11) is -3.03. The molecule has 0 saturated carbocycles. The van der Waals surface area contributed by atoms with Gasteiger partial charge in [-0.25, -0.2) is 0 Å². The van der Waals surface area contributed by atoms with Crippen LogP contribution in [0.15, 0.2) is 48.5 Å². The molecule has 0 fully saturated rings. The third-order valence-electron chi connectivity index (χ3n) is 2.69. The topological polar surface area (TPSA) is 18.5 Å². The lowest BCUT2D eigenvalue weighted by Crippen LogP contribution is -3.61. The highest BCUT2D eigenvalue weighted by Gasteiger charge is 2.20. The second-order valence-corrected chi connectivity index (χ2v) is 19.3. The summed E-state index contributed by atoms with van der Waals surface area (Å²) in [6.45, 7) is 13.2. The van der Waals surface area contributed by atoms with Crippen LogP contribution in [-0.2, 0) is 0 Å². The molecule has 2 rings (SSSR count). The largest absolute Gasteiger partial charge is 0.544 e. The first-order valence-electron chi connectivity index (χ1n) is 7.84. The molecule has 0 spiro atoms. The number of hydrogen-bond donors (Lipinski definition) is 0. The maximum atomic E-state index is 6.01. The summed E-state index contributed by atoms with van der Waals surface area (Å²) in [5.41, 5.74) is 0. The molecular formula is C18H26IO2Si2+. The number of benzene rings is 2. The van der Waals surface area contributed by atoms with Gasteiger partial charge in [0.15, 0.2) is 7.14 Å². The molecule has 0 aliphatic rings. The second kappa shape index (κ2) is 7.40. The van der Waals surface area contributed by atoms with Gasteiger partial charge in [0.05, 0.1) is 0 Å². The average Bonchev–Trinajstić information content (AvgIpc) is 2.40. The summed E-state index contributed by atoms with van der Waals surface area (Å²) in [4.78, 5) is 0. The Balaban J connectivity index is 1.99. The van der Waals surface area contributed by atoms with E-state index in [1.807, 2.05) is 0 Å². The Morgan fingerprint density at radius 2 is 0.870 bits per heavy atom. The van der Waals surface area contributed by atoms with Crippen molar-refractivity contribution in [3.05, 3.63) is 55.7 Å². The minimum absolute atomic E-state index is 0.153. The van der Waals surface area contributed by atoms with Crippen molar-refractivity contribution >= 4 is 16.6 Å². The third-order valence-corrected chi connectivity index (χ3v) is 7.07. The van der Waals surface area contributed by atoms with Crippen molar-refractivity contribution in [1.82, 2.24) is 0 Å². The molecule has 2 nitrogen and oxygen atoms in total. The zero-order valence-electron chi connectivity index (χ0n) is 14.8. The summed E-state index contributed by atoms with van der Waals surface area (Å²) in [5.74, 6) is 1.99. The minimum atomic E-state index is -1.52. The normalized spacial score (nSPS) is 12.1. The molecule has 0 aromatic heterocycles. The summed E-state index contributed by atoms with van der Waals surface area (Å²) in [6, 6.07) is 17.2. The SMILES string of the molecule is C[Si](C)(C)Oc1ccc([I+]c2ccc(O[Si](C)(C)C)cc2)cc1. The highest BCUT2D eigenvalue weighted by atomic mass is 127. The quantitative estimate of drug-likeness (QED) is 0.490. The van der Waals surface area contributed by atoms with Crippen molar-refractivity contribution in [2.45, 2.75) is 39.3 Å². The molecule has 0 N–H and O–H groups in total. The first-order valence-corrected chi connectivity index (χ1v) is 16.8. The molecule has 0 saturated heterocycles. The van der Waals surface area contributed by atoms with Crippen LogP contribution in [0.5, 0.6) is 11.5 Å². The van der Waals surface area contributed by atoms with Crippen LogP contribution >= 0.6 is 0 Å². The van der Waals surface area contributed by atoms with Crippen LogP contribution in [0.2, 0.25) is 39.3 Å². The molecule has 2 aromatic carbocycles. The van der Waals surface area contributed by atoms with Crippen molar-refractivity contribution in [1.29, 1.82) is 0 Å². The van der Waals surface area contributed by atoms with Gasteiger partial charge in [-0.2, -0.15) is 0 Å². The van der Waals surface area contributed by atoms with Crippen LogP contribution in [0.4, 0.5) is 0 Å². The monoisotopic (exact) mass is 457 g/mol. The van der Waals surface area contributed by atoms with Gasteiger partial charge in [-0.05, 0) is 87.8 Å². The van der Waals surface area contributed by atoms with Gasteiger partial charge in [-0.15, -0.1) is 0 Å². The van der Waals surface area contributed by atoms with Gasteiger partial charge in [0.25, 0.3) is 0 Å². The highest BCUT2D eigenvalue weighted by molar-refractivity contribution is 6.70. The van der Waals surface area contributed by atoms with E-state index >= 15 is 0 Å². The van der Waals surface area contributed by atoms with E-state index < -0.39 is 16.6 Å². The first-order chi connectivity index (χ1) is 10.6. The van der Waals surface area contributed by atoms with Gasteiger partial charge >= 0.3 is 21.2 Å². The predicted molar refractivity (Wildman–Crippen MR) is 98.2 cm³/mol. The van der Waals surface area contributed by atoms with Crippen LogP contribution in [0.3, 0.4) is 0 Å². The van der Waals surface area contributed by atoms with Crippen molar-refractivity contribution in [2.75, 3.05) is 0 Å². The Kier molecular flexibility index (Phi) is 5.96. The van der Waals surface area contributed by atoms with Gasteiger partial charge in [0, 0.05) is 0 Å². The zero-order chi connectivity index (χ0) is 17.1.